The Balaban J connectivity index is 1.74. The molecule has 3 aromatic carbocycles. The maximum Gasteiger partial charge on any atom is 0.263 e. The highest BCUT2D eigenvalue weighted by Crippen LogP contribution is 2.33. The Hall–Kier alpha value is -4.16. The first-order valence-corrected chi connectivity index (χ1v) is 13.2. The van der Waals surface area contributed by atoms with Crippen LogP contribution >= 0.6 is 11.6 Å². The molecule has 0 fully saturated rings. The molecule has 0 saturated heterocycles. The summed E-state index contributed by atoms with van der Waals surface area (Å²) in [5.74, 6) is -0.126. The van der Waals surface area contributed by atoms with Gasteiger partial charge in [-0.05, 0) is 42.5 Å². The average molecular weight is 559 g/mol. The van der Waals surface area contributed by atoms with E-state index >= 15 is 0 Å². The van der Waals surface area contributed by atoms with Crippen molar-refractivity contribution in [3.05, 3.63) is 71.8 Å². The van der Waals surface area contributed by atoms with Gasteiger partial charge < -0.3 is 20.7 Å². The lowest BCUT2D eigenvalue weighted by Crippen LogP contribution is -2.35. The Bertz CT molecular complexity index is 1590. The molecule has 0 saturated carbocycles. The molecule has 4 rings (SSSR count). The monoisotopic (exact) mass is 558 g/mol. The molecule has 0 aliphatic carbocycles. The molecule has 198 valence electrons. The van der Waals surface area contributed by atoms with Crippen LogP contribution in [-0.4, -0.2) is 51.2 Å². The highest BCUT2D eigenvalue weighted by Gasteiger charge is 2.21. The van der Waals surface area contributed by atoms with E-state index in [1.807, 2.05) is 0 Å². The van der Waals surface area contributed by atoms with Gasteiger partial charge >= 0.3 is 0 Å². The summed E-state index contributed by atoms with van der Waals surface area (Å²) in [7, 11) is -2.70. The molecule has 4 aromatic rings. The second kappa shape index (κ2) is 11.5. The third-order valence-electron chi connectivity index (χ3n) is 5.42. The molecular formula is C25H24ClFN6O4S. The number of primary amides is 1. The number of alkyl halides is 1. The Morgan fingerprint density at radius 1 is 1.05 bits per heavy atom. The second-order valence-corrected chi connectivity index (χ2v) is 10.1. The molecule has 0 aliphatic rings. The van der Waals surface area contributed by atoms with E-state index in [1.54, 1.807) is 48.5 Å². The number of carbonyl (C=O) groups excluding carboxylic acids is 1. The van der Waals surface area contributed by atoms with Crippen LogP contribution < -0.4 is 25.4 Å². The molecule has 10 nitrogen and oxygen atoms in total. The van der Waals surface area contributed by atoms with E-state index in [1.165, 1.54) is 30.2 Å². The fourth-order valence-electron chi connectivity index (χ4n) is 3.64. The topological polar surface area (TPSA) is 140 Å². The first-order valence-electron chi connectivity index (χ1n) is 11.3. The summed E-state index contributed by atoms with van der Waals surface area (Å²) in [4.78, 5) is 21.7. The quantitative estimate of drug-likeness (QED) is 0.250. The summed E-state index contributed by atoms with van der Waals surface area (Å²) in [5, 5.41) is 3.39. The van der Waals surface area contributed by atoms with E-state index in [0.717, 1.165) is 0 Å². The smallest absolute Gasteiger partial charge is 0.263 e. The van der Waals surface area contributed by atoms with Gasteiger partial charge in [0.05, 0.1) is 40.3 Å². The van der Waals surface area contributed by atoms with Crippen LogP contribution in [0.4, 0.5) is 27.4 Å². The number of rotatable bonds is 11. The van der Waals surface area contributed by atoms with Gasteiger partial charge in [0.15, 0.2) is 11.6 Å². The predicted molar refractivity (Wildman–Crippen MR) is 145 cm³/mol. The molecule has 0 atom stereocenters. The minimum Gasteiger partial charge on any atom is -0.497 e. The molecule has 38 heavy (non-hydrogen) atoms. The van der Waals surface area contributed by atoms with E-state index in [0.29, 0.717) is 33.2 Å². The predicted octanol–water partition coefficient (Wildman–Crippen LogP) is 4.10. The van der Waals surface area contributed by atoms with Gasteiger partial charge in [-0.3, -0.25) is 9.52 Å². The molecule has 0 radical (unpaired) electrons. The van der Waals surface area contributed by atoms with Crippen LogP contribution in [0.15, 0.2) is 71.6 Å². The Kier molecular flexibility index (Phi) is 8.13. The second-order valence-electron chi connectivity index (χ2n) is 8.06. The number of hydrogen-bond acceptors (Lipinski definition) is 8. The van der Waals surface area contributed by atoms with E-state index in [9.17, 15) is 17.6 Å². The maximum atomic E-state index is 13.4. The number of anilines is 4. The fraction of sp³-hybridized carbons (Fsp3) is 0.160. The van der Waals surface area contributed by atoms with Crippen molar-refractivity contribution in [3.63, 3.8) is 0 Å². The van der Waals surface area contributed by atoms with Gasteiger partial charge in [0.2, 0.25) is 5.91 Å². The highest BCUT2D eigenvalue weighted by molar-refractivity contribution is 7.92. The van der Waals surface area contributed by atoms with Gasteiger partial charge in [-0.1, -0.05) is 29.8 Å². The number of halogens is 2. The van der Waals surface area contributed by atoms with Crippen molar-refractivity contribution in [1.29, 1.82) is 0 Å². The van der Waals surface area contributed by atoms with Crippen molar-refractivity contribution >= 4 is 61.6 Å². The van der Waals surface area contributed by atoms with Crippen LogP contribution in [-0.2, 0) is 14.8 Å². The summed E-state index contributed by atoms with van der Waals surface area (Å²) in [5.41, 5.74) is 6.98. The highest BCUT2D eigenvalue weighted by atomic mass is 35.5. The van der Waals surface area contributed by atoms with Gasteiger partial charge in [-0.15, -0.1) is 0 Å². The Labute approximate surface area is 223 Å². The van der Waals surface area contributed by atoms with Crippen LogP contribution in [0.3, 0.4) is 0 Å². The zero-order valence-corrected chi connectivity index (χ0v) is 21.8. The van der Waals surface area contributed by atoms with E-state index in [2.05, 4.69) is 20.0 Å². The summed E-state index contributed by atoms with van der Waals surface area (Å²) in [6, 6.07) is 17.6. The summed E-state index contributed by atoms with van der Waals surface area (Å²) >= 11 is 6.34. The number of nitrogens with zero attached hydrogens (tertiary/aromatic N) is 3. The number of carbonyl (C=O) groups is 1. The van der Waals surface area contributed by atoms with Crippen molar-refractivity contribution in [3.8, 4) is 5.75 Å². The minimum absolute atomic E-state index is 0.0780. The van der Waals surface area contributed by atoms with Crippen molar-refractivity contribution in [2.75, 3.05) is 41.8 Å². The number of aromatic nitrogens is 2. The van der Waals surface area contributed by atoms with Crippen molar-refractivity contribution in [1.82, 2.24) is 9.97 Å². The first-order chi connectivity index (χ1) is 18.2. The van der Waals surface area contributed by atoms with Crippen molar-refractivity contribution in [2.24, 2.45) is 5.73 Å². The number of nitrogens with two attached hydrogens (primary N) is 1. The molecule has 0 spiro atoms. The van der Waals surface area contributed by atoms with E-state index < -0.39 is 22.6 Å². The number of hydrogen-bond donors (Lipinski definition) is 3. The number of ether oxygens (including phenoxy) is 1. The lowest BCUT2D eigenvalue weighted by atomic mass is 10.3. The van der Waals surface area contributed by atoms with Crippen LogP contribution in [0.2, 0.25) is 5.02 Å². The number of sulfonamides is 1. The zero-order chi connectivity index (χ0) is 27.3. The zero-order valence-electron chi connectivity index (χ0n) is 20.2. The summed E-state index contributed by atoms with van der Waals surface area (Å²) < 4.78 is 47.7. The van der Waals surface area contributed by atoms with Gasteiger partial charge in [0.25, 0.3) is 10.0 Å². The number of amides is 1. The number of nitrogens with one attached hydrogen (secondary N) is 2. The molecule has 1 aromatic heterocycles. The number of benzene rings is 3. The molecule has 0 bridgehead atoms. The largest absolute Gasteiger partial charge is 0.497 e. The van der Waals surface area contributed by atoms with Crippen LogP contribution in [0.5, 0.6) is 5.75 Å². The average Bonchev–Trinajstić information content (AvgIpc) is 2.89. The normalized spacial score (nSPS) is 11.2. The van der Waals surface area contributed by atoms with Crippen molar-refractivity contribution < 1.29 is 22.3 Å². The third kappa shape index (κ3) is 6.21. The van der Waals surface area contributed by atoms with Crippen LogP contribution in [0.1, 0.15) is 0 Å². The van der Waals surface area contributed by atoms with Gasteiger partial charge in [-0.2, -0.15) is 0 Å². The van der Waals surface area contributed by atoms with Gasteiger partial charge in [0.1, 0.15) is 12.4 Å². The molecule has 0 aliphatic heterocycles. The lowest BCUT2D eigenvalue weighted by molar-refractivity contribution is -0.116. The SMILES string of the molecule is COc1ccc(Cl)c(Nc2nc3ccccc3nc2NS(=O)(=O)c2cccc(N(CCF)CC(N)=O)c2)c1. The van der Waals surface area contributed by atoms with Crippen LogP contribution in [0, 0.1) is 0 Å². The first kappa shape index (κ1) is 26.9. The lowest BCUT2D eigenvalue weighted by Gasteiger charge is -2.22. The molecule has 1 amide bonds. The Morgan fingerprint density at radius 2 is 1.76 bits per heavy atom. The minimum atomic E-state index is -4.21. The van der Waals surface area contributed by atoms with Crippen LogP contribution in [0.25, 0.3) is 11.0 Å². The third-order valence-corrected chi connectivity index (χ3v) is 7.09. The molecule has 4 N–H and O–H groups in total. The van der Waals surface area contributed by atoms with Crippen molar-refractivity contribution in [2.45, 2.75) is 4.90 Å². The maximum absolute atomic E-state index is 13.4. The molecule has 13 heteroatoms. The number of methoxy groups -OCH3 is 1. The number of para-hydroxylation sites is 2. The molecule has 0 unspecified atom stereocenters. The van der Waals surface area contributed by atoms with E-state index in [4.69, 9.17) is 22.1 Å². The summed E-state index contributed by atoms with van der Waals surface area (Å²) in [6.45, 7) is -1.16. The van der Waals surface area contributed by atoms with E-state index in [-0.39, 0.29) is 29.6 Å². The number of fused-ring (bicyclic) bond motifs is 1. The van der Waals surface area contributed by atoms with Gasteiger partial charge in [-0.25, -0.2) is 22.8 Å². The molecule has 1 heterocycles. The van der Waals surface area contributed by atoms with Gasteiger partial charge in [0, 0.05) is 18.3 Å². The fourth-order valence-corrected chi connectivity index (χ4v) is 4.85. The standard InChI is InChI=1S/C25H24ClFN6O4S/c1-37-17-9-10-19(26)22(14-17)31-24-25(30-21-8-3-2-7-20(21)29-24)32-38(35,36)18-6-4-5-16(13-18)33(12-11-27)15-23(28)34/h2-10,13-14H,11-12,15H2,1H3,(H2,28,34)(H,29,31)(H,30,32). The Morgan fingerprint density at radius 3 is 2.42 bits per heavy atom. The summed E-state index contributed by atoms with van der Waals surface area (Å²) in [6.07, 6.45) is 0. The molecular weight excluding hydrogens is 535 g/mol.